The van der Waals surface area contributed by atoms with E-state index in [1.54, 1.807) is 11.8 Å². The van der Waals surface area contributed by atoms with E-state index in [2.05, 4.69) is 0 Å². The van der Waals surface area contributed by atoms with Crippen LogP contribution in [-0.4, -0.2) is 46.8 Å². The Morgan fingerprint density at radius 1 is 1.64 bits per heavy atom. The molecule has 2 unspecified atom stereocenters. The molecule has 0 saturated carbocycles. The molecule has 4 nitrogen and oxygen atoms in total. The fraction of sp³-hybridized carbons (Fsp3) is 0.900. The number of rotatable bonds is 4. The van der Waals surface area contributed by atoms with E-state index in [-0.39, 0.29) is 24.5 Å². The molecule has 0 aromatic rings. The Morgan fingerprint density at radius 2 is 2.36 bits per heavy atom. The Balaban J connectivity index is 2.30. The summed E-state index contributed by atoms with van der Waals surface area (Å²) in [7, 11) is 0. The number of aliphatic hydroxyl groups is 2. The molecule has 1 amide bonds. The van der Waals surface area contributed by atoms with Crippen molar-refractivity contribution in [2.24, 2.45) is 5.92 Å². The summed E-state index contributed by atoms with van der Waals surface area (Å²) in [6, 6.07) is 0. The SMILES string of the molecule is CC(O)C1CCN(C(=O)CCCO)C1. The van der Waals surface area contributed by atoms with Crippen molar-refractivity contribution in [3.05, 3.63) is 0 Å². The molecular weight excluding hydrogens is 182 g/mol. The van der Waals surface area contributed by atoms with Gasteiger partial charge in [0.1, 0.15) is 0 Å². The zero-order chi connectivity index (χ0) is 10.6. The molecule has 0 aromatic heterocycles. The van der Waals surface area contributed by atoms with Gasteiger partial charge in [-0.25, -0.2) is 0 Å². The molecule has 1 aliphatic rings. The largest absolute Gasteiger partial charge is 0.396 e. The summed E-state index contributed by atoms with van der Waals surface area (Å²) in [5.74, 6) is 0.329. The first-order valence-corrected chi connectivity index (χ1v) is 5.22. The maximum Gasteiger partial charge on any atom is 0.222 e. The van der Waals surface area contributed by atoms with Gasteiger partial charge in [0.25, 0.3) is 0 Å². The molecule has 0 radical (unpaired) electrons. The Morgan fingerprint density at radius 3 is 2.86 bits per heavy atom. The minimum atomic E-state index is -0.328. The standard InChI is InChI=1S/C10H19NO3/c1-8(13)9-4-5-11(7-9)10(14)3-2-6-12/h8-9,12-13H,2-7H2,1H3. The molecule has 1 rings (SSSR count). The lowest BCUT2D eigenvalue weighted by Gasteiger charge is -2.17. The van der Waals surface area contributed by atoms with Crippen LogP contribution in [0.25, 0.3) is 0 Å². The summed E-state index contributed by atoms with van der Waals surface area (Å²) in [5, 5.41) is 17.9. The van der Waals surface area contributed by atoms with E-state index in [1.807, 2.05) is 0 Å². The number of amides is 1. The van der Waals surface area contributed by atoms with Crippen LogP contribution < -0.4 is 0 Å². The van der Waals surface area contributed by atoms with E-state index in [0.717, 1.165) is 13.0 Å². The number of carbonyl (C=O) groups excluding carboxylic acids is 1. The van der Waals surface area contributed by atoms with E-state index >= 15 is 0 Å². The summed E-state index contributed by atoms with van der Waals surface area (Å²) >= 11 is 0. The van der Waals surface area contributed by atoms with Crippen LogP contribution in [0.2, 0.25) is 0 Å². The highest BCUT2D eigenvalue weighted by molar-refractivity contribution is 5.76. The van der Waals surface area contributed by atoms with E-state index < -0.39 is 0 Å². The van der Waals surface area contributed by atoms with Crippen molar-refractivity contribution >= 4 is 5.91 Å². The van der Waals surface area contributed by atoms with Gasteiger partial charge in [-0.05, 0) is 19.8 Å². The average molecular weight is 201 g/mol. The minimum absolute atomic E-state index is 0.0689. The highest BCUT2D eigenvalue weighted by Crippen LogP contribution is 2.20. The highest BCUT2D eigenvalue weighted by atomic mass is 16.3. The number of likely N-dealkylation sites (tertiary alicyclic amines) is 1. The van der Waals surface area contributed by atoms with Crippen LogP contribution in [0, 0.1) is 5.92 Å². The van der Waals surface area contributed by atoms with Gasteiger partial charge >= 0.3 is 0 Å². The Bertz CT molecular complexity index is 194. The number of nitrogens with zero attached hydrogens (tertiary/aromatic N) is 1. The number of aliphatic hydroxyl groups excluding tert-OH is 2. The van der Waals surface area contributed by atoms with Crippen LogP contribution in [0.5, 0.6) is 0 Å². The van der Waals surface area contributed by atoms with Crippen LogP contribution in [-0.2, 0) is 4.79 Å². The van der Waals surface area contributed by atoms with Gasteiger partial charge in [-0.3, -0.25) is 4.79 Å². The molecule has 2 N–H and O–H groups in total. The molecule has 0 bridgehead atoms. The fourth-order valence-electron chi connectivity index (χ4n) is 1.80. The zero-order valence-electron chi connectivity index (χ0n) is 8.65. The summed E-state index contributed by atoms with van der Waals surface area (Å²) in [4.78, 5) is 13.3. The zero-order valence-corrected chi connectivity index (χ0v) is 8.65. The number of hydrogen-bond acceptors (Lipinski definition) is 3. The van der Waals surface area contributed by atoms with Crippen molar-refractivity contribution in [2.75, 3.05) is 19.7 Å². The molecule has 14 heavy (non-hydrogen) atoms. The van der Waals surface area contributed by atoms with Gasteiger partial charge in [-0.2, -0.15) is 0 Å². The molecule has 0 aromatic carbocycles. The van der Waals surface area contributed by atoms with Crippen molar-refractivity contribution in [1.29, 1.82) is 0 Å². The maximum atomic E-state index is 11.5. The van der Waals surface area contributed by atoms with Gasteiger partial charge < -0.3 is 15.1 Å². The number of carbonyl (C=O) groups is 1. The molecule has 1 fully saturated rings. The molecule has 2 atom stereocenters. The van der Waals surface area contributed by atoms with E-state index in [1.165, 1.54) is 0 Å². The lowest BCUT2D eigenvalue weighted by atomic mass is 10.0. The third kappa shape index (κ3) is 2.96. The summed E-state index contributed by atoms with van der Waals surface area (Å²) in [6.45, 7) is 3.26. The smallest absolute Gasteiger partial charge is 0.222 e. The fourth-order valence-corrected chi connectivity index (χ4v) is 1.80. The third-order valence-corrected chi connectivity index (χ3v) is 2.81. The third-order valence-electron chi connectivity index (χ3n) is 2.81. The molecular formula is C10H19NO3. The van der Waals surface area contributed by atoms with E-state index in [4.69, 9.17) is 5.11 Å². The van der Waals surface area contributed by atoms with Crippen LogP contribution in [0.3, 0.4) is 0 Å². The predicted molar refractivity (Wildman–Crippen MR) is 52.7 cm³/mol. The van der Waals surface area contributed by atoms with Crippen LogP contribution >= 0.6 is 0 Å². The van der Waals surface area contributed by atoms with Crippen molar-refractivity contribution in [3.8, 4) is 0 Å². The monoisotopic (exact) mass is 201 g/mol. The number of hydrogen-bond donors (Lipinski definition) is 2. The second-order valence-electron chi connectivity index (χ2n) is 3.96. The first-order chi connectivity index (χ1) is 6.65. The second-order valence-corrected chi connectivity index (χ2v) is 3.96. The van der Waals surface area contributed by atoms with Gasteiger partial charge in [-0.15, -0.1) is 0 Å². The molecule has 4 heteroatoms. The van der Waals surface area contributed by atoms with Gasteiger partial charge in [-0.1, -0.05) is 0 Å². The molecule has 1 aliphatic heterocycles. The van der Waals surface area contributed by atoms with Crippen molar-refractivity contribution in [3.63, 3.8) is 0 Å². The molecule has 0 spiro atoms. The summed E-state index contributed by atoms with van der Waals surface area (Å²) in [6.07, 6.45) is 1.52. The Kier molecular flexibility index (Phi) is 4.35. The Hall–Kier alpha value is -0.610. The second kappa shape index (κ2) is 5.32. The molecule has 82 valence electrons. The lowest BCUT2D eigenvalue weighted by molar-refractivity contribution is -0.130. The lowest BCUT2D eigenvalue weighted by Crippen LogP contribution is -2.30. The van der Waals surface area contributed by atoms with Gasteiger partial charge in [0.15, 0.2) is 0 Å². The first kappa shape index (κ1) is 11.5. The van der Waals surface area contributed by atoms with E-state index in [0.29, 0.717) is 19.4 Å². The van der Waals surface area contributed by atoms with Crippen molar-refractivity contribution < 1.29 is 15.0 Å². The maximum absolute atomic E-state index is 11.5. The van der Waals surface area contributed by atoms with Crippen molar-refractivity contribution in [2.45, 2.75) is 32.3 Å². The van der Waals surface area contributed by atoms with Gasteiger partial charge in [0.05, 0.1) is 6.10 Å². The van der Waals surface area contributed by atoms with Crippen LogP contribution in [0.1, 0.15) is 26.2 Å². The summed E-state index contributed by atoms with van der Waals surface area (Å²) < 4.78 is 0. The normalized spacial score (nSPS) is 23.9. The van der Waals surface area contributed by atoms with Gasteiger partial charge in [0, 0.05) is 32.0 Å². The molecule has 0 aliphatic carbocycles. The van der Waals surface area contributed by atoms with Crippen molar-refractivity contribution in [1.82, 2.24) is 4.90 Å². The Labute approximate surface area is 84.5 Å². The molecule has 1 saturated heterocycles. The average Bonchev–Trinajstić information content (AvgIpc) is 2.62. The van der Waals surface area contributed by atoms with E-state index in [9.17, 15) is 9.90 Å². The summed E-state index contributed by atoms with van der Waals surface area (Å²) in [5.41, 5.74) is 0. The minimum Gasteiger partial charge on any atom is -0.396 e. The first-order valence-electron chi connectivity index (χ1n) is 5.22. The predicted octanol–water partition coefficient (Wildman–Crippen LogP) is -0.0118. The molecule has 1 heterocycles. The topological polar surface area (TPSA) is 60.8 Å². The van der Waals surface area contributed by atoms with Gasteiger partial charge in [0.2, 0.25) is 5.91 Å². The quantitative estimate of drug-likeness (QED) is 0.672. The van der Waals surface area contributed by atoms with Crippen LogP contribution in [0.15, 0.2) is 0 Å². The highest BCUT2D eigenvalue weighted by Gasteiger charge is 2.28. The van der Waals surface area contributed by atoms with Crippen LogP contribution in [0.4, 0.5) is 0 Å².